The van der Waals surface area contributed by atoms with E-state index in [1.807, 2.05) is 0 Å². The summed E-state index contributed by atoms with van der Waals surface area (Å²) in [6.07, 6.45) is 5.29. The van der Waals surface area contributed by atoms with E-state index in [-0.39, 0.29) is 11.7 Å². The molecule has 1 unspecified atom stereocenters. The molecule has 1 atom stereocenters. The third-order valence-corrected chi connectivity index (χ3v) is 5.85. The zero-order valence-electron chi connectivity index (χ0n) is 10.3. The van der Waals surface area contributed by atoms with Gasteiger partial charge >= 0.3 is 7.60 Å². The molecule has 0 aromatic carbocycles. The lowest BCUT2D eigenvalue weighted by Gasteiger charge is -2.31. The summed E-state index contributed by atoms with van der Waals surface area (Å²) in [4.78, 5) is 11.7. The van der Waals surface area contributed by atoms with Gasteiger partial charge in [-0.05, 0) is 25.7 Å². The summed E-state index contributed by atoms with van der Waals surface area (Å²) in [6.45, 7) is 1.48. The first kappa shape index (κ1) is 13.9. The molecule has 5 heteroatoms. The molecule has 1 aliphatic rings. The molecule has 0 radical (unpaired) electrons. The SMILES string of the molecule is COP(=O)(OC)C(C(C)=O)C1CCCCC1. The Balaban J connectivity index is 2.88. The first-order valence-corrected chi connectivity index (χ1v) is 7.38. The second-order valence-electron chi connectivity index (χ2n) is 4.36. The molecule has 4 nitrogen and oxygen atoms in total. The molecular weight excluding hydrogens is 227 g/mol. The molecule has 0 amide bonds. The molecule has 94 valence electrons. The number of carbonyl (C=O) groups is 1. The highest BCUT2D eigenvalue weighted by Crippen LogP contribution is 2.56. The lowest BCUT2D eigenvalue weighted by molar-refractivity contribution is -0.118. The van der Waals surface area contributed by atoms with Gasteiger partial charge in [0.2, 0.25) is 0 Å². The van der Waals surface area contributed by atoms with Crippen molar-refractivity contribution in [1.82, 2.24) is 0 Å². The van der Waals surface area contributed by atoms with E-state index < -0.39 is 13.3 Å². The van der Waals surface area contributed by atoms with Crippen LogP contribution in [0.2, 0.25) is 0 Å². The minimum atomic E-state index is -3.27. The average molecular weight is 248 g/mol. The Morgan fingerprint density at radius 3 is 2.06 bits per heavy atom. The van der Waals surface area contributed by atoms with Crippen LogP contribution < -0.4 is 0 Å². The van der Waals surface area contributed by atoms with Gasteiger partial charge in [-0.25, -0.2) is 0 Å². The predicted octanol–water partition coefficient (Wildman–Crippen LogP) is 3.01. The van der Waals surface area contributed by atoms with Crippen LogP contribution in [0.15, 0.2) is 0 Å². The van der Waals surface area contributed by atoms with Gasteiger partial charge in [0.15, 0.2) is 0 Å². The number of hydrogen-bond acceptors (Lipinski definition) is 4. The van der Waals surface area contributed by atoms with Crippen molar-refractivity contribution in [2.75, 3.05) is 14.2 Å². The smallest absolute Gasteiger partial charge is 0.311 e. The van der Waals surface area contributed by atoms with Crippen molar-refractivity contribution < 1.29 is 18.4 Å². The fraction of sp³-hybridized carbons (Fsp3) is 0.909. The Kier molecular flexibility index (Phi) is 5.16. The lowest BCUT2D eigenvalue weighted by atomic mass is 9.85. The fourth-order valence-corrected chi connectivity index (χ4v) is 4.43. The summed E-state index contributed by atoms with van der Waals surface area (Å²) >= 11 is 0. The van der Waals surface area contributed by atoms with Gasteiger partial charge in [-0.2, -0.15) is 0 Å². The average Bonchev–Trinajstić information content (AvgIpc) is 2.30. The maximum Gasteiger partial charge on any atom is 0.340 e. The van der Waals surface area contributed by atoms with Gasteiger partial charge in [0.05, 0.1) is 0 Å². The minimum absolute atomic E-state index is 0.0843. The number of hydrogen-bond donors (Lipinski definition) is 0. The number of carbonyl (C=O) groups excluding carboxylic acids is 1. The molecule has 1 fully saturated rings. The standard InChI is InChI=1S/C11H21O4P/c1-9(12)11(16(13,14-2)15-3)10-7-5-4-6-8-10/h10-11H,4-8H2,1-3H3. The van der Waals surface area contributed by atoms with Gasteiger partial charge in [-0.15, -0.1) is 0 Å². The molecule has 1 rings (SSSR count). The van der Waals surface area contributed by atoms with E-state index in [0.717, 1.165) is 25.7 Å². The molecule has 0 aromatic rings. The van der Waals surface area contributed by atoms with Crippen molar-refractivity contribution in [2.45, 2.75) is 44.7 Å². The Hall–Kier alpha value is -0.180. The van der Waals surface area contributed by atoms with E-state index in [1.54, 1.807) is 0 Å². The van der Waals surface area contributed by atoms with Crippen molar-refractivity contribution >= 4 is 13.4 Å². The molecule has 0 bridgehead atoms. The zero-order valence-corrected chi connectivity index (χ0v) is 11.2. The highest BCUT2D eigenvalue weighted by molar-refractivity contribution is 7.55. The Morgan fingerprint density at radius 2 is 1.69 bits per heavy atom. The quantitative estimate of drug-likeness (QED) is 0.702. The summed E-state index contributed by atoms with van der Waals surface area (Å²) < 4.78 is 22.3. The lowest BCUT2D eigenvalue weighted by Crippen LogP contribution is -2.30. The van der Waals surface area contributed by atoms with Crippen molar-refractivity contribution in [3.8, 4) is 0 Å². The van der Waals surface area contributed by atoms with E-state index in [9.17, 15) is 9.36 Å². The van der Waals surface area contributed by atoms with Gasteiger partial charge in [0, 0.05) is 14.2 Å². The molecule has 16 heavy (non-hydrogen) atoms. The molecule has 0 N–H and O–H groups in total. The molecule has 0 heterocycles. The second kappa shape index (κ2) is 5.95. The molecular formula is C11H21O4P. The van der Waals surface area contributed by atoms with Crippen LogP contribution in [0.3, 0.4) is 0 Å². The van der Waals surface area contributed by atoms with Crippen molar-refractivity contribution in [2.24, 2.45) is 5.92 Å². The van der Waals surface area contributed by atoms with Crippen LogP contribution in [0.5, 0.6) is 0 Å². The molecule has 0 aromatic heterocycles. The molecule has 0 spiro atoms. The first-order chi connectivity index (χ1) is 7.55. The summed E-state index contributed by atoms with van der Waals surface area (Å²) in [6, 6.07) is 0. The van der Waals surface area contributed by atoms with Crippen LogP contribution in [0.25, 0.3) is 0 Å². The van der Waals surface area contributed by atoms with Crippen LogP contribution in [0, 0.1) is 5.92 Å². The van der Waals surface area contributed by atoms with E-state index in [0.29, 0.717) is 0 Å². The summed E-state index contributed by atoms with van der Waals surface area (Å²) in [5.41, 5.74) is -0.581. The summed E-state index contributed by atoms with van der Waals surface area (Å²) in [5.74, 6) is 0.0657. The summed E-state index contributed by atoms with van der Waals surface area (Å²) in [5, 5.41) is 0. The minimum Gasteiger partial charge on any atom is -0.311 e. The fourth-order valence-electron chi connectivity index (χ4n) is 2.56. The Labute approximate surface area is 97.2 Å². The molecule has 0 aliphatic heterocycles. The topological polar surface area (TPSA) is 52.6 Å². The molecule has 1 aliphatic carbocycles. The third-order valence-electron chi connectivity index (χ3n) is 3.36. The maximum absolute atomic E-state index is 12.3. The van der Waals surface area contributed by atoms with Crippen LogP contribution in [-0.2, 0) is 18.4 Å². The van der Waals surface area contributed by atoms with Crippen LogP contribution in [0.4, 0.5) is 0 Å². The first-order valence-electron chi connectivity index (χ1n) is 5.77. The van der Waals surface area contributed by atoms with Gasteiger partial charge in [0.1, 0.15) is 11.4 Å². The molecule has 1 saturated carbocycles. The summed E-state index contributed by atoms with van der Waals surface area (Å²) in [7, 11) is -0.565. The van der Waals surface area contributed by atoms with Crippen LogP contribution in [-0.4, -0.2) is 25.7 Å². The van der Waals surface area contributed by atoms with Crippen molar-refractivity contribution in [3.05, 3.63) is 0 Å². The monoisotopic (exact) mass is 248 g/mol. The normalized spacial score (nSPS) is 20.7. The zero-order chi connectivity index (χ0) is 12.2. The second-order valence-corrected chi connectivity index (χ2v) is 6.72. The maximum atomic E-state index is 12.3. The predicted molar refractivity (Wildman–Crippen MR) is 62.7 cm³/mol. The van der Waals surface area contributed by atoms with Crippen LogP contribution in [0.1, 0.15) is 39.0 Å². The van der Waals surface area contributed by atoms with Gasteiger partial charge in [0.25, 0.3) is 0 Å². The van der Waals surface area contributed by atoms with Crippen molar-refractivity contribution in [1.29, 1.82) is 0 Å². The number of ketones is 1. The van der Waals surface area contributed by atoms with Crippen LogP contribution >= 0.6 is 7.60 Å². The Morgan fingerprint density at radius 1 is 1.19 bits per heavy atom. The highest BCUT2D eigenvalue weighted by Gasteiger charge is 2.43. The number of rotatable bonds is 5. The molecule has 0 saturated heterocycles. The largest absolute Gasteiger partial charge is 0.340 e. The van der Waals surface area contributed by atoms with Gasteiger partial charge < -0.3 is 9.05 Å². The third kappa shape index (κ3) is 2.93. The van der Waals surface area contributed by atoms with E-state index in [1.165, 1.54) is 27.6 Å². The van der Waals surface area contributed by atoms with E-state index in [2.05, 4.69) is 0 Å². The highest BCUT2D eigenvalue weighted by atomic mass is 31.2. The Bertz CT molecular complexity index is 276. The van der Waals surface area contributed by atoms with Gasteiger partial charge in [-0.3, -0.25) is 9.36 Å². The van der Waals surface area contributed by atoms with E-state index >= 15 is 0 Å². The number of Topliss-reactive ketones (excluding diaryl/α,β-unsaturated/α-hetero) is 1. The van der Waals surface area contributed by atoms with Gasteiger partial charge in [-0.1, -0.05) is 19.3 Å². The van der Waals surface area contributed by atoms with E-state index in [4.69, 9.17) is 9.05 Å². The van der Waals surface area contributed by atoms with Crippen molar-refractivity contribution in [3.63, 3.8) is 0 Å².